The summed E-state index contributed by atoms with van der Waals surface area (Å²) in [5.74, 6) is 0. The Morgan fingerprint density at radius 1 is 1.22 bits per heavy atom. The average Bonchev–Trinajstić information content (AvgIpc) is 2.40. The third kappa shape index (κ3) is 3.45. The normalized spacial score (nSPS) is 20.6. The molecule has 0 aromatic heterocycles. The third-order valence-corrected chi connectivity index (χ3v) is 4.64. The molecule has 0 amide bonds. The van der Waals surface area contributed by atoms with Gasteiger partial charge in [-0.05, 0) is 60.1 Å². The van der Waals surface area contributed by atoms with E-state index in [0.717, 1.165) is 0 Å². The first-order valence-electron chi connectivity index (χ1n) is 6.79. The zero-order valence-corrected chi connectivity index (χ0v) is 13.1. The Balaban J connectivity index is 2.10. The van der Waals surface area contributed by atoms with E-state index in [9.17, 15) is 5.11 Å². The molecule has 0 radical (unpaired) electrons. The van der Waals surface area contributed by atoms with Gasteiger partial charge in [-0.25, -0.2) is 0 Å². The first-order chi connectivity index (χ1) is 8.64. The summed E-state index contributed by atoms with van der Waals surface area (Å²) in [6.45, 7) is 2.24. The van der Waals surface area contributed by atoms with Crippen LogP contribution in [-0.4, -0.2) is 17.8 Å². The van der Waals surface area contributed by atoms with Crippen LogP contribution in [0.5, 0.6) is 0 Å². The van der Waals surface area contributed by atoms with Gasteiger partial charge in [0.25, 0.3) is 0 Å². The van der Waals surface area contributed by atoms with Crippen molar-refractivity contribution in [1.82, 2.24) is 5.32 Å². The number of benzene rings is 1. The summed E-state index contributed by atoms with van der Waals surface area (Å²) < 4.78 is 1.23. The summed E-state index contributed by atoms with van der Waals surface area (Å²) >= 11 is 2.31. The van der Waals surface area contributed by atoms with Crippen molar-refractivity contribution in [3.8, 4) is 0 Å². The van der Waals surface area contributed by atoms with E-state index in [1.54, 1.807) is 0 Å². The van der Waals surface area contributed by atoms with Crippen molar-refractivity contribution >= 4 is 22.6 Å². The van der Waals surface area contributed by atoms with Crippen molar-refractivity contribution < 1.29 is 5.11 Å². The van der Waals surface area contributed by atoms with E-state index in [2.05, 4.69) is 59.1 Å². The predicted octanol–water partition coefficient (Wildman–Crippen LogP) is 3.42. The van der Waals surface area contributed by atoms with Crippen LogP contribution in [0.2, 0.25) is 0 Å². The van der Waals surface area contributed by atoms with Crippen molar-refractivity contribution in [2.75, 3.05) is 6.61 Å². The molecule has 100 valence electrons. The summed E-state index contributed by atoms with van der Waals surface area (Å²) in [5, 5.41) is 13.4. The van der Waals surface area contributed by atoms with Crippen LogP contribution >= 0.6 is 22.6 Å². The molecule has 1 fully saturated rings. The van der Waals surface area contributed by atoms with Crippen molar-refractivity contribution in [3.05, 3.63) is 33.4 Å². The molecule has 0 aliphatic heterocycles. The van der Waals surface area contributed by atoms with Crippen LogP contribution in [0.1, 0.15) is 44.6 Å². The highest BCUT2D eigenvalue weighted by molar-refractivity contribution is 14.1. The number of rotatable bonds is 4. The molecule has 1 aromatic carbocycles. The molecule has 18 heavy (non-hydrogen) atoms. The molecule has 1 aromatic rings. The number of aliphatic hydroxyl groups is 1. The van der Waals surface area contributed by atoms with Gasteiger partial charge in [-0.3, -0.25) is 0 Å². The van der Waals surface area contributed by atoms with Gasteiger partial charge in [-0.2, -0.15) is 0 Å². The standard InChI is InChI=1S/C15H22INO/c1-15(11-18,12-7-9-13(16)10-8-12)17-14-5-3-2-4-6-14/h7-10,14,17-18H,2-6,11H2,1H3. The molecule has 2 rings (SSSR count). The van der Waals surface area contributed by atoms with Gasteiger partial charge >= 0.3 is 0 Å². The van der Waals surface area contributed by atoms with Gasteiger partial charge in [0.05, 0.1) is 12.1 Å². The number of hydrogen-bond acceptors (Lipinski definition) is 2. The van der Waals surface area contributed by atoms with E-state index in [1.807, 2.05) is 0 Å². The summed E-state index contributed by atoms with van der Waals surface area (Å²) in [4.78, 5) is 0. The van der Waals surface area contributed by atoms with Gasteiger partial charge < -0.3 is 10.4 Å². The van der Waals surface area contributed by atoms with E-state index >= 15 is 0 Å². The van der Waals surface area contributed by atoms with E-state index in [1.165, 1.54) is 41.2 Å². The maximum absolute atomic E-state index is 9.77. The Hall–Kier alpha value is -0.130. The fraction of sp³-hybridized carbons (Fsp3) is 0.600. The molecule has 1 aliphatic carbocycles. The SMILES string of the molecule is CC(CO)(NC1CCCCC1)c1ccc(I)cc1. The van der Waals surface area contributed by atoms with Crippen LogP contribution in [-0.2, 0) is 5.54 Å². The first-order valence-corrected chi connectivity index (χ1v) is 7.86. The molecule has 0 bridgehead atoms. The van der Waals surface area contributed by atoms with Crippen LogP contribution in [0, 0.1) is 3.57 Å². The van der Waals surface area contributed by atoms with E-state index in [0.29, 0.717) is 6.04 Å². The Morgan fingerprint density at radius 3 is 2.39 bits per heavy atom. The Kier molecular flexibility index (Phi) is 5.04. The number of halogens is 1. The molecular formula is C15H22INO. The Bertz CT molecular complexity index is 373. The lowest BCUT2D eigenvalue weighted by Crippen LogP contribution is -2.49. The summed E-state index contributed by atoms with van der Waals surface area (Å²) in [6.07, 6.45) is 6.45. The second-order valence-corrected chi connectivity index (χ2v) is 6.72. The molecule has 2 nitrogen and oxygen atoms in total. The van der Waals surface area contributed by atoms with Gasteiger partial charge in [-0.1, -0.05) is 31.4 Å². The van der Waals surface area contributed by atoms with Crippen LogP contribution in [0.4, 0.5) is 0 Å². The molecule has 3 heteroatoms. The zero-order valence-electron chi connectivity index (χ0n) is 11.0. The van der Waals surface area contributed by atoms with Crippen molar-refractivity contribution in [3.63, 3.8) is 0 Å². The zero-order chi connectivity index (χ0) is 13.0. The maximum Gasteiger partial charge on any atom is 0.0652 e. The molecule has 1 unspecified atom stereocenters. The minimum Gasteiger partial charge on any atom is -0.394 e. The van der Waals surface area contributed by atoms with Crippen LogP contribution < -0.4 is 5.32 Å². The second-order valence-electron chi connectivity index (χ2n) is 5.48. The van der Waals surface area contributed by atoms with Crippen molar-refractivity contribution in [2.24, 2.45) is 0 Å². The minimum absolute atomic E-state index is 0.143. The summed E-state index contributed by atoms with van der Waals surface area (Å²) in [7, 11) is 0. The van der Waals surface area contributed by atoms with Crippen LogP contribution in [0.15, 0.2) is 24.3 Å². The first kappa shape index (κ1) is 14.3. The maximum atomic E-state index is 9.77. The fourth-order valence-corrected chi connectivity index (χ4v) is 3.10. The van der Waals surface area contributed by atoms with Gasteiger partial charge in [-0.15, -0.1) is 0 Å². The smallest absolute Gasteiger partial charge is 0.0652 e. The van der Waals surface area contributed by atoms with Gasteiger partial charge in [0, 0.05) is 9.61 Å². The fourth-order valence-electron chi connectivity index (χ4n) is 2.74. The Morgan fingerprint density at radius 2 is 1.83 bits per heavy atom. The lowest BCUT2D eigenvalue weighted by molar-refractivity contribution is 0.150. The second kappa shape index (κ2) is 6.35. The molecule has 1 atom stereocenters. The van der Waals surface area contributed by atoms with Crippen LogP contribution in [0.3, 0.4) is 0 Å². The minimum atomic E-state index is -0.313. The number of aliphatic hydroxyl groups excluding tert-OH is 1. The monoisotopic (exact) mass is 359 g/mol. The molecular weight excluding hydrogens is 337 g/mol. The van der Waals surface area contributed by atoms with Gasteiger partial charge in [0.15, 0.2) is 0 Å². The summed E-state index contributed by atoms with van der Waals surface area (Å²) in [5.41, 5.74) is 0.864. The lowest BCUT2D eigenvalue weighted by Gasteiger charge is -2.36. The molecule has 1 saturated carbocycles. The highest BCUT2D eigenvalue weighted by Crippen LogP contribution is 2.26. The number of hydrogen-bond donors (Lipinski definition) is 2. The molecule has 2 N–H and O–H groups in total. The van der Waals surface area contributed by atoms with E-state index < -0.39 is 0 Å². The van der Waals surface area contributed by atoms with Crippen molar-refractivity contribution in [2.45, 2.75) is 50.6 Å². The molecule has 0 spiro atoms. The average molecular weight is 359 g/mol. The predicted molar refractivity (Wildman–Crippen MR) is 83.6 cm³/mol. The lowest BCUT2D eigenvalue weighted by atomic mass is 9.88. The van der Waals surface area contributed by atoms with Gasteiger partial charge in [0.2, 0.25) is 0 Å². The van der Waals surface area contributed by atoms with E-state index in [4.69, 9.17) is 0 Å². The van der Waals surface area contributed by atoms with Crippen LogP contribution in [0.25, 0.3) is 0 Å². The molecule has 0 heterocycles. The highest BCUT2D eigenvalue weighted by atomic mass is 127. The largest absolute Gasteiger partial charge is 0.394 e. The topological polar surface area (TPSA) is 32.3 Å². The molecule has 1 aliphatic rings. The molecule has 0 saturated heterocycles. The quantitative estimate of drug-likeness (QED) is 0.808. The third-order valence-electron chi connectivity index (χ3n) is 3.93. The summed E-state index contributed by atoms with van der Waals surface area (Å²) in [6, 6.07) is 9.00. The van der Waals surface area contributed by atoms with Gasteiger partial charge in [0.1, 0.15) is 0 Å². The Labute approximate surface area is 123 Å². The van der Waals surface area contributed by atoms with E-state index in [-0.39, 0.29) is 12.1 Å². The highest BCUT2D eigenvalue weighted by Gasteiger charge is 2.29. The van der Waals surface area contributed by atoms with Crippen molar-refractivity contribution in [1.29, 1.82) is 0 Å². The number of nitrogens with one attached hydrogen (secondary N) is 1.